The molecule has 4 aromatic rings. The highest BCUT2D eigenvalue weighted by atomic mass is 32.1. The third kappa shape index (κ3) is 4.20. The molecule has 0 bridgehead atoms. The molecule has 0 N–H and O–H groups in total. The first-order valence-electron chi connectivity index (χ1n) is 9.39. The van der Waals surface area contributed by atoms with Gasteiger partial charge in [-0.05, 0) is 50.2 Å². The zero-order chi connectivity index (χ0) is 21.3. The fourth-order valence-electron chi connectivity index (χ4n) is 2.96. The molecule has 0 aliphatic rings. The molecule has 0 saturated heterocycles. The number of rotatable bonds is 6. The van der Waals surface area contributed by atoms with Gasteiger partial charge in [0.2, 0.25) is 0 Å². The molecule has 0 spiro atoms. The first-order valence-corrected chi connectivity index (χ1v) is 11.0. The summed E-state index contributed by atoms with van der Waals surface area (Å²) in [5.74, 6) is 0.147. The molecule has 0 saturated carbocycles. The van der Waals surface area contributed by atoms with Gasteiger partial charge in [-0.3, -0.25) is 4.79 Å². The predicted molar refractivity (Wildman–Crippen MR) is 118 cm³/mol. The number of hydrogen-bond acceptors (Lipinski definition) is 6. The Bertz CT molecular complexity index is 1150. The topological polar surface area (TPSA) is 55.3 Å². The largest absolute Gasteiger partial charge is 0.486 e. The molecule has 8 heteroatoms. The van der Waals surface area contributed by atoms with Crippen molar-refractivity contribution in [2.45, 2.75) is 26.5 Å². The monoisotopic (exact) mass is 441 g/mol. The Balaban J connectivity index is 1.47. The predicted octanol–water partition coefficient (Wildman–Crippen LogP) is 5.61. The summed E-state index contributed by atoms with van der Waals surface area (Å²) in [4.78, 5) is 24.5. The Morgan fingerprint density at radius 1 is 1.13 bits per heavy atom. The van der Waals surface area contributed by atoms with E-state index in [0.29, 0.717) is 21.3 Å². The number of amides is 1. The molecular weight excluding hydrogens is 421 g/mol. The van der Waals surface area contributed by atoms with Gasteiger partial charge in [-0.1, -0.05) is 12.1 Å². The maximum Gasteiger partial charge on any atom is 0.266 e. The number of para-hydroxylation sites is 1. The third-order valence-electron chi connectivity index (χ3n) is 4.78. The summed E-state index contributed by atoms with van der Waals surface area (Å²) in [5.41, 5.74) is 1.62. The lowest BCUT2D eigenvalue weighted by molar-refractivity contribution is 0.0746. The smallest absolute Gasteiger partial charge is 0.266 e. The van der Waals surface area contributed by atoms with Gasteiger partial charge in [0.15, 0.2) is 0 Å². The third-order valence-corrected chi connectivity index (χ3v) is 7.11. The van der Waals surface area contributed by atoms with E-state index in [2.05, 4.69) is 9.97 Å². The fraction of sp³-hybridized carbons (Fsp3) is 0.227. The summed E-state index contributed by atoms with van der Waals surface area (Å²) in [6.45, 7) is 4.02. The van der Waals surface area contributed by atoms with Crippen LogP contribution in [0.4, 0.5) is 4.39 Å². The number of aryl methyl sites for hydroxylation is 1. The minimum absolute atomic E-state index is 0.0928. The van der Waals surface area contributed by atoms with Crippen LogP contribution in [0.5, 0.6) is 5.75 Å². The van der Waals surface area contributed by atoms with E-state index in [1.807, 2.05) is 38.1 Å². The number of hydrogen-bond donors (Lipinski definition) is 0. The van der Waals surface area contributed by atoms with Crippen molar-refractivity contribution < 1.29 is 13.9 Å². The maximum absolute atomic E-state index is 13.1. The Labute approximate surface area is 181 Å². The van der Waals surface area contributed by atoms with Crippen molar-refractivity contribution in [1.82, 2.24) is 14.9 Å². The maximum atomic E-state index is 13.1. The molecule has 30 heavy (non-hydrogen) atoms. The number of ether oxygens (including phenoxy) is 1. The lowest BCUT2D eigenvalue weighted by atomic mass is 10.2. The summed E-state index contributed by atoms with van der Waals surface area (Å²) in [6, 6.07) is 13.6. The number of aromatic nitrogens is 2. The Morgan fingerprint density at radius 3 is 2.60 bits per heavy atom. The molecule has 0 aliphatic heterocycles. The van der Waals surface area contributed by atoms with Crippen LogP contribution in [0.1, 0.15) is 38.3 Å². The summed E-state index contributed by atoms with van der Waals surface area (Å²) in [7, 11) is 1.78. The Morgan fingerprint density at radius 2 is 1.87 bits per heavy atom. The minimum Gasteiger partial charge on any atom is -0.486 e. The number of carbonyl (C=O) groups is 1. The van der Waals surface area contributed by atoms with Crippen molar-refractivity contribution >= 4 is 38.8 Å². The highest BCUT2D eigenvalue weighted by Gasteiger charge is 2.25. The average Bonchev–Trinajstić information content (AvgIpc) is 3.35. The summed E-state index contributed by atoms with van der Waals surface area (Å²) < 4.78 is 19.8. The van der Waals surface area contributed by atoms with Gasteiger partial charge in [-0.25, -0.2) is 14.4 Å². The second kappa shape index (κ2) is 8.49. The number of benzene rings is 2. The summed E-state index contributed by atoms with van der Waals surface area (Å²) >= 11 is 2.92. The standard InChI is InChI=1S/C22H20FN3O2S2/c1-13-20(30-19(24-13)12-28-16-10-8-15(23)9-11-16)22(27)26(3)14(2)21-25-17-6-4-5-7-18(17)29-21/h4-11,14H,12H2,1-3H3. The number of halogens is 1. The van der Waals surface area contributed by atoms with Gasteiger partial charge >= 0.3 is 0 Å². The van der Waals surface area contributed by atoms with Crippen LogP contribution in [0.25, 0.3) is 10.2 Å². The van der Waals surface area contributed by atoms with Gasteiger partial charge in [-0.2, -0.15) is 0 Å². The molecule has 0 fully saturated rings. The van der Waals surface area contributed by atoms with E-state index in [9.17, 15) is 9.18 Å². The van der Waals surface area contributed by atoms with Gasteiger partial charge in [0.25, 0.3) is 5.91 Å². The molecule has 5 nitrogen and oxygen atoms in total. The van der Waals surface area contributed by atoms with Crippen molar-refractivity contribution in [2.75, 3.05) is 7.05 Å². The minimum atomic E-state index is -0.314. The van der Waals surface area contributed by atoms with Gasteiger partial charge < -0.3 is 9.64 Å². The molecule has 2 aromatic carbocycles. The van der Waals surface area contributed by atoms with Crippen LogP contribution in [0.3, 0.4) is 0 Å². The van der Waals surface area contributed by atoms with Gasteiger partial charge in [0, 0.05) is 7.05 Å². The quantitative estimate of drug-likeness (QED) is 0.390. The fourth-order valence-corrected chi connectivity index (χ4v) is 4.98. The summed E-state index contributed by atoms with van der Waals surface area (Å²) in [6.07, 6.45) is 0. The molecule has 1 amide bonds. The summed E-state index contributed by atoms with van der Waals surface area (Å²) in [5, 5.41) is 1.59. The van der Waals surface area contributed by atoms with Crippen molar-refractivity contribution in [1.29, 1.82) is 0 Å². The molecule has 2 heterocycles. The average molecular weight is 442 g/mol. The lowest BCUT2D eigenvalue weighted by Crippen LogP contribution is -2.29. The second-order valence-electron chi connectivity index (χ2n) is 6.88. The van der Waals surface area contributed by atoms with E-state index < -0.39 is 0 Å². The number of thiazole rings is 2. The molecule has 1 unspecified atom stereocenters. The zero-order valence-corrected chi connectivity index (χ0v) is 18.4. The lowest BCUT2D eigenvalue weighted by Gasteiger charge is -2.22. The van der Waals surface area contributed by atoms with Crippen molar-refractivity contribution in [3.8, 4) is 5.75 Å². The number of carbonyl (C=O) groups excluding carboxylic acids is 1. The van der Waals surface area contributed by atoms with Crippen LogP contribution in [0.2, 0.25) is 0 Å². The molecule has 0 aliphatic carbocycles. The Hall–Kier alpha value is -2.84. The van der Waals surface area contributed by atoms with Crippen molar-refractivity contribution in [2.24, 2.45) is 0 Å². The second-order valence-corrected chi connectivity index (χ2v) is 9.02. The molecule has 154 valence electrons. The first-order chi connectivity index (χ1) is 14.4. The van der Waals surface area contributed by atoms with E-state index in [-0.39, 0.29) is 24.4 Å². The van der Waals surface area contributed by atoms with E-state index in [1.165, 1.54) is 23.5 Å². The van der Waals surface area contributed by atoms with E-state index in [4.69, 9.17) is 4.74 Å². The van der Waals surface area contributed by atoms with Gasteiger partial charge in [0.05, 0.1) is 22.0 Å². The van der Waals surface area contributed by atoms with Crippen LogP contribution in [-0.4, -0.2) is 27.8 Å². The highest BCUT2D eigenvalue weighted by Crippen LogP contribution is 2.31. The SMILES string of the molecule is Cc1nc(COc2ccc(F)cc2)sc1C(=O)N(C)C(C)c1nc2ccccc2s1. The normalized spacial score (nSPS) is 12.1. The van der Waals surface area contributed by atoms with Crippen LogP contribution in [0, 0.1) is 12.7 Å². The van der Waals surface area contributed by atoms with Gasteiger partial charge in [-0.15, -0.1) is 22.7 Å². The molecule has 2 aromatic heterocycles. The zero-order valence-electron chi connectivity index (χ0n) is 16.8. The van der Waals surface area contributed by atoms with Crippen molar-refractivity contribution in [3.05, 3.63) is 74.9 Å². The van der Waals surface area contributed by atoms with Crippen LogP contribution in [0.15, 0.2) is 48.5 Å². The van der Waals surface area contributed by atoms with Crippen LogP contribution < -0.4 is 4.74 Å². The molecule has 1 atom stereocenters. The van der Waals surface area contributed by atoms with E-state index >= 15 is 0 Å². The van der Waals surface area contributed by atoms with E-state index in [1.54, 1.807) is 35.4 Å². The molecule has 4 rings (SSSR count). The first kappa shape index (κ1) is 20.4. The van der Waals surface area contributed by atoms with Crippen LogP contribution in [-0.2, 0) is 6.61 Å². The molecular formula is C22H20FN3O2S2. The Kier molecular flexibility index (Phi) is 5.78. The van der Waals surface area contributed by atoms with Crippen molar-refractivity contribution in [3.63, 3.8) is 0 Å². The number of fused-ring (bicyclic) bond motifs is 1. The highest BCUT2D eigenvalue weighted by molar-refractivity contribution is 7.18. The van der Waals surface area contributed by atoms with Gasteiger partial charge in [0.1, 0.15) is 33.1 Å². The number of nitrogens with zero attached hydrogens (tertiary/aromatic N) is 3. The van der Waals surface area contributed by atoms with Crippen LogP contribution >= 0.6 is 22.7 Å². The molecule has 0 radical (unpaired) electrons. The van der Waals surface area contributed by atoms with E-state index in [0.717, 1.165) is 15.2 Å².